The van der Waals surface area contributed by atoms with Crippen LogP contribution in [-0.2, 0) is 4.74 Å². The average Bonchev–Trinajstić information content (AvgIpc) is 2.03. The van der Waals surface area contributed by atoms with E-state index < -0.39 is 0 Å². The normalized spacial score (nSPS) is 10.8. The Labute approximate surface area is 80.4 Å². The summed E-state index contributed by atoms with van der Waals surface area (Å²) in [6.45, 7) is 6.82. The molecule has 0 radical (unpaired) electrons. The average molecular weight is 193 g/mol. The Balaban J connectivity index is 0. The molecule has 0 heterocycles. The molecule has 0 aliphatic rings. The van der Waals surface area contributed by atoms with Gasteiger partial charge in [-0.2, -0.15) is 0 Å². The van der Waals surface area contributed by atoms with E-state index in [0.717, 1.165) is 13.1 Å². The van der Waals surface area contributed by atoms with Gasteiger partial charge in [0, 0.05) is 25.5 Å². The van der Waals surface area contributed by atoms with E-state index in [4.69, 9.17) is 4.74 Å². The smallest absolute Gasteiger partial charge is 0.0819 e. The van der Waals surface area contributed by atoms with Crippen molar-refractivity contribution < 1.29 is 4.74 Å². The molecule has 0 aromatic carbocycles. The highest BCUT2D eigenvalue weighted by Gasteiger charge is 1.77. The molecule has 0 rings (SSSR count). The molecule has 4 heteroatoms. The fourth-order valence-electron chi connectivity index (χ4n) is 0.537. The Kier molecular flexibility index (Phi) is 15.5. The lowest BCUT2D eigenvalue weighted by atomic mass is 10.7. The van der Waals surface area contributed by atoms with E-state index in [2.05, 4.69) is 9.98 Å². The first kappa shape index (κ1) is 14.1. The standard InChI is InChI=1S/C8H16N2O.ClH/c1-3-9-5-7-11-8-6-10-4-2;/h5-6H,3-4,7-8H2,1-2H3;1H. The molecule has 0 bridgehead atoms. The van der Waals surface area contributed by atoms with Gasteiger partial charge in [-0.05, 0) is 13.8 Å². The zero-order valence-electron chi connectivity index (χ0n) is 7.69. The number of ether oxygens (including phenoxy) is 1. The van der Waals surface area contributed by atoms with Crippen LogP contribution in [0.25, 0.3) is 0 Å². The van der Waals surface area contributed by atoms with Crippen molar-refractivity contribution in [2.24, 2.45) is 9.98 Å². The van der Waals surface area contributed by atoms with Crippen LogP contribution < -0.4 is 0 Å². The molecule has 0 aliphatic carbocycles. The van der Waals surface area contributed by atoms with Crippen molar-refractivity contribution in [1.29, 1.82) is 0 Å². The zero-order valence-corrected chi connectivity index (χ0v) is 8.51. The zero-order chi connectivity index (χ0) is 8.36. The molecule has 0 spiro atoms. The Bertz CT molecular complexity index is 112. The van der Waals surface area contributed by atoms with Crippen LogP contribution in [0.5, 0.6) is 0 Å². The van der Waals surface area contributed by atoms with Crippen molar-refractivity contribution in [2.45, 2.75) is 13.8 Å². The van der Waals surface area contributed by atoms with Gasteiger partial charge in [-0.3, -0.25) is 9.98 Å². The van der Waals surface area contributed by atoms with Crippen LogP contribution in [0, 0.1) is 0 Å². The van der Waals surface area contributed by atoms with E-state index in [1.807, 2.05) is 13.8 Å². The van der Waals surface area contributed by atoms with Crippen LogP contribution in [0.1, 0.15) is 13.8 Å². The van der Waals surface area contributed by atoms with Crippen LogP contribution in [0.3, 0.4) is 0 Å². The maximum Gasteiger partial charge on any atom is 0.0819 e. The summed E-state index contributed by atoms with van der Waals surface area (Å²) in [4.78, 5) is 7.99. The van der Waals surface area contributed by atoms with E-state index in [1.54, 1.807) is 12.4 Å². The van der Waals surface area contributed by atoms with E-state index in [9.17, 15) is 0 Å². The minimum absolute atomic E-state index is 0. The van der Waals surface area contributed by atoms with Crippen molar-refractivity contribution >= 4 is 24.8 Å². The molecule has 0 saturated heterocycles. The van der Waals surface area contributed by atoms with Gasteiger partial charge in [-0.1, -0.05) is 0 Å². The lowest BCUT2D eigenvalue weighted by Crippen LogP contribution is -1.99. The third-order valence-corrected chi connectivity index (χ3v) is 1.01. The second kappa shape index (κ2) is 13.2. The fraction of sp³-hybridized carbons (Fsp3) is 0.750. The molecule has 72 valence electrons. The molecular formula is C8H17ClN2O. The summed E-state index contributed by atoms with van der Waals surface area (Å²) >= 11 is 0. The largest absolute Gasteiger partial charge is 0.370 e. The molecule has 0 fully saturated rings. The Morgan fingerprint density at radius 1 is 1.00 bits per heavy atom. The summed E-state index contributed by atoms with van der Waals surface area (Å²) in [5.74, 6) is 0. The number of halogens is 1. The highest BCUT2D eigenvalue weighted by Crippen LogP contribution is 1.71. The van der Waals surface area contributed by atoms with E-state index >= 15 is 0 Å². The molecule has 0 aliphatic heterocycles. The van der Waals surface area contributed by atoms with Crippen molar-refractivity contribution in [1.82, 2.24) is 0 Å². The predicted octanol–water partition coefficient (Wildman–Crippen LogP) is 1.61. The maximum atomic E-state index is 5.14. The number of rotatable bonds is 6. The minimum atomic E-state index is 0. The lowest BCUT2D eigenvalue weighted by Gasteiger charge is -1.92. The molecule has 12 heavy (non-hydrogen) atoms. The highest BCUT2D eigenvalue weighted by molar-refractivity contribution is 5.85. The fourth-order valence-corrected chi connectivity index (χ4v) is 0.537. The molecule has 0 aromatic rings. The molecular weight excluding hydrogens is 176 g/mol. The van der Waals surface area contributed by atoms with Gasteiger partial charge >= 0.3 is 0 Å². The van der Waals surface area contributed by atoms with Gasteiger partial charge in [-0.25, -0.2) is 0 Å². The molecule has 0 amide bonds. The van der Waals surface area contributed by atoms with Crippen LogP contribution in [0.15, 0.2) is 9.98 Å². The Morgan fingerprint density at radius 2 is 1.42 bits per heavy atom. The number of hydrogen-bond acceptors (Lipinski definition) is 3. The summed E-state index contributed by atoms with van der Waals surface area (Å²) in [6.07, 6.45) is 3.56. The molecule has 0 N–H and O–H groups in total. The number of aliphatic imine (C=N–C) groups is 2. The van der Waals surface area contributed by atoms with Crippen LogP contribution in [0.2, 0.25) is 0 Å². The number of hydrogen-bond donors (Lipinski definition) is 0. The predicted molar refractivity (Wildman–Crippen MR) is 56.1 cm³/mol. The van der Waals surface area contributed by atoms with E-state index in [1.165, 1.54) is 0 Å². The second-order valence-corrected chi connectivity index (χ2v) is 1.90. The first-order valence-electron chi connectivity index (χ1n) is 3.96. The number of nitrogens with zero attached hydrogens (tertiary/aromatic N) is 2. The Hall–Kier alpha value is -0.410. The van der Waals surface area contributed by atoms with Crippen LogP contribution >= 0.6 is 12.4 Å². The van der Waals surface area contributed by atoms with E-state index in [-0.39, 0.29) is 12.4 Å². The molecule has 0 saturated carbocycles. The molecule has 0 atom stereocenters. The van der Waals surface area contributed by atoms with Gasteiger partial charge in [0.15, 0.2) is 0 Å². The van der Waals surface area contributed by atoms with Gasteiger partial charge in [0.1, 0.15) is 0 Å². The first-order chi connectivity index (χ1) is 5.41. The topological polar surface area (TPSA) is 34.0 Å². The quantitative estimate of drug-likeness (QED) is 0.465. The Morgan fingerprint density at radius 3 is 1.75 bits per heavy atom. The van der Waals surface area contributed by atoms with Gasteiger partial charge in [0.25, 0.3) is 0 Å². The molecule has 0 unspecified atom stereocenters. The van der Waals surface area contributed by atoms with Crippen LogP contribution in [0.4, 0.5) is 0 Å². The van der Waals surface area contributed by atoms with Crippen molar-refractivity contribution in [3.05, 3.63) is 0 Å². The van der Waals surface area contributed by atoms with E-state index in [0.29, 0.717) is 13.2 Å². The molecule has 0 aromatic heterocycles. The summed E-state index contributed by atoms with van der Waals surface area (Å²) in [7, 11) is 0. The maximum absolute atomic E-state index is 5.14. The SMILES string of the molecule is CCN=CCOCC=NCC.Cl. The first-order valence-corrected chi connectivity index (χ1v) is 3.96. The second-order valence-electron chi connectivity index (χ2n) is 1.90. The van der Waals surface area contributed by atoms with Gasteiger partial charge < -0.3 is 4.74 Å². The summed E-state index contributed by atoms with van der Waals surface area (Å²) in [5, 5.41) is 0. The third kappa shape index (κ3) is 12.3. The van der Waals surface area contributed by atoms with Crippen LogP contribution in [-0.4, -0.2) is 38.7 Å². The highest BCUT2D eigenvalue weighted by atomic mass is 35.5. The minimum Gasteiger partial charge on any atom is -0.370 e. The summed E-state index contributed by atoms with van der Waals surface area (Å²) < 4.78 is 5.14. The lowest BCUT2D eigenvalue weighted by molar-refractivity contribution is 0.220. The van der Waals surface area contributed by atoms with Gasteiger partial charge in [0.05, 0.1) is 13.2 Å². The summed E-state index contributed by atoms with van der Waals surface area (Å²) in [5.41, 5.74) is 0. The van der Waals surface area contributed by atoms with Crippen molar-refractivity contribution in [3.63, 3.8) is 0 Å². The monoisotopic (exact) mass is 192 g/mol. The summed E-state index contributed by atoms with van der Waals surface area (Å²) in [6, 6.07) is 0. The van der Waals surface area contributed by atoms with Gasteiger partial charge in [-0.15, -0.1) is 12.4 Å². The van der Waals surface area contributed by atoms with Crippen molar-refractivity contribution in [2.75, 3.05) is 26.3 Å². The molecule has 3 nitrogen and oxygen atoms in total. The van der Waals surface area contributed by atoms with Gasteiger partial charge in [0.2, 0.25) is 0 Å². The van der Waals surface area contributed by atoms with Crippen molar-refractivity contribution in [3.8, 4) is 0 Å². The third-order valence-electron chi connectivity index (χ3n) is 1.01.